The van der Waals surface area contributed by atoms with Crippen molar-refractivity contribution in [2.24, 2.45) is 0 Å². The molecule has 1 amide bonds. The SMILES string of the molecule is Cc1c(C(=O)N[C@H]2CCCNC2)nnn1-c1cccc(Cl)c1.Cl. The van der Waals surface area contributed by atoms with Crippen LogP contribution in [0.1, 0.15) is 29.0 Å². The van der Waals surface area contributed by atoms with Gasteiger partial charge >= 0.3 is 0 Å². The summed E-state index contributed by atoms with van der Waals surface area (Å²) in [4.78, 5) is 12.4. The van der Waals surface area contributed by atoms with Gasteiger partial charge in [0.25, 0.3) is 5.91 Å². The summed E-state index contributed by atoms with van der Waals surface area (Å²) in [5.41, 5.74) is 1.84. The molecule has 1 atom stereocenters. The van der Waals surface area contributed by atoms with Crippen molar-refractivity contribution in [1.29, 1.82) is 0 Å². The highest BCUT2D eigenvalue weighted by Crippen LogP contribution is 2.17. The molecule has 0 aliphatic carbocycles. The van der Waals surface area contributed by atoms with Crippen molar-refractivity contribution in [2.75, 3.05) is 13.1 Å². The van der Waals surface area contributed by atoms with Crippen molar-refractivity contribution in [3.8, 4) is 5.69 Å². The van der Waals surface area contributed by atoms with E-state index in [9.17, 15) is 4.79 Å². The zero-order valence-corrected chi connectivity index (χ0v) is 14.3. The van der Waals surface area contributed by atoms with Crippen LogP contribution in [0.4, 0.5) is 0 Å². The third-order valence-electron chi connectivity index (χ3n) is 3.79. The van der Waals surface area contributed by atoms with Crippen LogP contribution in [-0.4, -0.2) is 40.0 Å². The summed E-state index contributed by atoms with van der Waals surface area (Å²) in [6.45, 7) is 3.64. The molecule has 8 heteroatoms. The van der Waals surface area contributed by atoms with Gasteiger partial charge in [-0.05, 0) is 44.5 Å². The summed E-state index contributed by atoms with van der Waals surface area (Å²) in [5.74, 6) is -0.181. The Bertz CT molecular complexity index is 682. The van der Waals surface area contributed by atoms with Gasteiger partial charge in [-0.3, -0.25) is 4.79 Å². The van der Waals surface area contributed by atoms with Crippen LogP contribution in [0.25, 0.3) is 5.69 Å². The lowest BCUT2D eigenvalue weighted by atomic mass is 10.1. The van der Waals surface area contributed by atoms with Crippen molar-refractivity contribution < 1.29 is 4.79 Å². The molecule has 1 fully saturated rings. The number of amides is 1. The van der Waals surface area contributed by atoms with E-state index in [1.807, 2.05) is 19.1 Å². The van der Waals surface area contributed by atoms with Crippen LogP contribution in [0.2, 0.25) is 5.02 Å². The highest BCUT2D eigenvalue weighted by Gasteiger charge is 2.21. The first-order valence-corrected chi connectivity index (χ1v) is 7.73. The third-order valence-corrected chi connectivity index (χ3v) is 4.03. The van der Waals surface area contributed by atoms with Gasteiger partial charge in [0.05, 0.1) is 11.4 Å². The van der Waals surface area contributed by atoms with E-state index in [-0.39, 0.29) is 24.4 Å². The molecular formula is C15H19Cl2N5O. The second-order valence-electron chi connectivity index (χ2n) is 5.43. The molecule has 6 nitrogen and oxygen atoms in total. The number of nitrogens with zero attached hydrogens (tertiary/aromatic N) is 3. The fourth-order valence-corrected chi connectivity index (χ4v) is 2.81. The monoisotopic (exact) mass is 355 g/mol. The van der Waals surface area contributed by atoms with Gasteiger partial charge in [-0.2, -0.15) is 0 Å². The molecule has 2 heterocycles. The van der Waals surface area contributed by atoms with E-state index >= 15 is 0 Å². The predicted molar refractivity (Wildman–Crippen MR) is 91.7 cm³/mol. The summed E-state index contributed by atoms with van der Waals surface area (Å²) in [7, 11) is 0. The molecule has 0 saturated carbocycles. The fraction of sp³-hybridized carbons (Fsp3) is 0.400. The molecule has 124 valence electrons. The minimum absolute atomic E-state index is 0. The predicted octanol–water partition coefficient (Wildman–Crippen LogP) is 2.13. The Kier molecular flexibility index (Phi) is 5.98. The number of rotatable bonds is 3. The van der Waals surface area contributed by atoms with E-state index in [1.165, 1.54) is 0 Å². The first-order valence-electron chi connectivity index (χ1n) is 7.35. The highest BCUT2D eigenvalue weighted by molar-refractivity contribution is 6.30. The van der Waals surface area contributed by atoms with E-state index in [0.717, 1.165) is 31.6 Å². The van der Waals surface area contributed by atoms with E-state index < -0.39 is 0 Å². The zero-order chi connectivity index (χ0) is 15.5. The molecule has 1 saturated heterocycles. The minimum atomic E-state index is -0.181. The number of hydrogen-bond donors (Lipinski definition) is 2. The van der Waals surface area contributed by atoms with Crippen LogP contribution in [0.15, 0.2) is 24.3 Å². The van der Waals surface area contributed by atoms with E-state index in [4.69, 9.17) is 11.6 Å². The van der Waals surface area contributed by atoms with E-state index in [0.29, 0.717) is 16.4 Å². The molecule has 2 N–H and O–H groups in total. The van der Waals surface area contributed by atoms with E-state index in [2.05, 4.69) is 20.9 Å². The number of hydrogen-bond acceptors (Lipinski definition) is 4. The first kappa shape index (κ1) is 17.7. The summed E-state index contributed by atoms with van der Waals surface area (Å²) in [6, 6.07) is 7.45. The lowest BCUT2D eigenvalue weighted by molar-refractivity contribution is 0.0925. The molecule has 0 unspecified atom stereocenters. The largest absolute Gasteiger partial charge is 0.347 e. The highest BCUT2D eigenvalue weighted by atomic mass is 35.5. The Hall–Kier alpha value is -1.63. The van der Waals surface area contributed by atoms with Crippen LogP contribution in [0.3, 0.4) is 0 Å². The smallest absolute Gasteiger partial charge is 0.274 e. The Labute approximate surface area is 146 Å². The lowest BCUT2D eigenvalue weighted by Crippen LogP contribution is -2.45. The maximum Gasteiger partial charge on any atom is 0.274 e. The van der Waals surface area contributed by atoms with Crippen molar-refractivity contribution in [3.05, 3.63) is 40.7 Å². The maximum atomic E-state index is 12.4. The van der Waals surface area contributed by atoms with Crippen LogP contribution >= 0.6 is 24.0 Å². The zero-order valence-electron chi connectivity index (χ0n) is 12.8. The number of piperidine rings is 1. The van der Waals surface area contributed by atoms with Crippen molar-refractivity contribution in [1.82, 2.24) is 25.6 Å². The average Bonchev–Trinajstić information content (AvgIpc) is 2.90. The molecule has 1 aliphatic heterocycles. The molecule has 2 aromatic rings. The van der Waals surface area contributed by atoms with Crippen LogP contribution in [-0.2, 0) is 0 Å². The molecule has 1 aromatic heterocycles. The number of carbonyl (C=O) groups is 1. The van der Waals surface area contributed by atoms with Gasteiger partial charge in [-0.25, -0.2) is 4.68 Å². The van der Waals surface area contributed by atoms with E-state index in [1.54, 1.807) is 16.8 Å². The standard InChI is InChI=1S/C15H18ClN5O.ClH/c1-10-14(15(22)18-12-5-3-7-17-9-12)19-20-21(10)13-6-2-4-11(16)8-13;/h2,4,6,8,12,17H,3,5,7,9H2,1H3,(H,18,22);1H/t12-;/m0./s1. The average molecular weight is 356 g/mol. The number of aromatic nitrogens is 3. The van der Waals surface area contributed by atoms with Gasteiger partial charge < -0.3 is 10.6 Å². The van der Waals surface area contributed by atoms with Gasteiger partial charge in [0.1, 0.15) is 0 Å². The summed E-state index contributed by atoms with van der Waals surface area (Å²) in [6.07, 6.45) is 2.05. The van der Waals surface area contributed by atoms with Crippen molar-refractivity contribution in [3.63, 3.8) is 0 Å². The number of halogens is 2. The second kappa shape index (κ2) is 7.77. The maximum absolute atomic E-state index is 12.4. The Morgan fingerprint density at radius 3 is 3.00 bits per heavy atom. The molecule has 1 aromatic carbocycles. The molecule has 23 heavy (non-hydrogen) atoms. The quantitative estimate of drug-likeness (QED) is 0.884. The normalized spacial score (nSPS) is 17.4. The molecular weight excluding hydrogens is 337 g/mol. The van der Waals surface area contributed by atoms with Gasteiger partial charge in [0.15, 0.2) is 5.69 Å². The lowest BCUT2D eigenvalue weighted by Gasteiger charge is -2.23. The Morgan fingerprint density at radius 1 is 1.48 bits per heavy atom. The number of nitrogens with one attached hydrogen (secondary N) is 2. The van der Waals surface area contributed by atoms with Crippen LogP contribution < -0.4 is 10.6 Å². The number of benzene rings is 1. The fourth-order valence-electron chi connectivity index (χ4n) is 2.62. The van der Waals surface area contributed by atoms with Gasteiger partial charge in [-0.15, -0.1) is 17.5 Å². The van der Waals surface area contributed by atoms with Gasteiger partial charge in [0, 0.05) is 17.6 Å². The molecule has 0 spiro atoms. The summed E-state index contributed by atoms with van der Waals surface area (Å²) < 4.78 is 1.62. The first-order chi connectivity index (χ1) is 10.6. The molecule has 0 radical (unpaired) electrons. The Morgan fingerprint density at radius 2 is 2.30 bits per heavy atom. The van der Waals surface area contributed by atoms with Crippen molar-refractivity contribution >= 4 is 29.9 Å². The number of carbonyl (C=O) groups excluding carboxylic acids is 1. The molecule has 0 bridgehead atoms. The van der Waals surface area contributed by atoms with Crippen LogP contribution in [0.5, 0.6) is 0 Å². The Balaban J connectivity index is 0.00000192. The van der Waals surface area contributed by atoms with Gasteiger partial charge in [-0.1, -0.05) is 22.9 Å². The summed E-state index contributed by atoms with van der Waals surface area (Å²) in [5, 5.41) is 15.0. The molecule has 3 rings (SSSR count). The second-order valence-corrected chi connectivity index (χ2v) is 5.87. The van der Waals surface area contributed by atoms with Crippen molar-refractivity contribution in [2.45, 2.75) is 25.8 Å². The topological polar surface area (TPSA) is 71.8 Å². The van der Waals surface area contributed by atoms with Gasteiger partial charge in [0.2, 0.25) is 0 Å². The minimum Gasteiger partial charge on any atom is -0.347 e. The molecule has 1 aliphatic rings. The third kappa shape index (κ3) is 4.02. The summed E-state index contributed by atoms with van der Waals surface area (Å²) >= 11 is 6.00. The van der Waals surface area contributed by atoms with Crippen LogP contribution in [0, 0.1) is 6.92 Å².